The van der Waals surface area contributed by atoms with E-state index < -0.39 is 5.60 Å². The Kier molecular flexibility index (Phi) is 11.4. The lowest BCUT2D eigenvalue weighted by Gasteiger charge is -2.21. The van der Waals surface area contributed by atoms with Crippen LogP contribution in [0.3, 0.4) is 0 Å². The molecule has 6 heteroatoms. The van der Waals surface area contributed by atoms with E-state index in [0.717, 1.165) is 24.8 Å². The molecule has 2 unspecified atom stereocenters. The molecule has 0 saturated heterocycles. The molecular formula is C18H34IN3O2. The lowest BCUT2D eigenvalue weighted by atomic mass is 10.0. The normalized spacial score (nSPS) is 15.5. The smallest absolute Gasteiger partial charge is 0.191 e. The molecule has 0 saturated carbocycles. The first-order valence-electron chi connectivity index (χ1n) is 8.66. The van der Waals surface area contributed by atoms with Crippen molar-refractivity contribution in [2.75, 3.05) is 13.1 Å². The summed E-state index contributed by atoms with van der Waals surface area (Å²) in [5.74, 6) is 2.01. The Bertz CT molecular complexity index is 459. The number of aliphatic hydroxyl groups is 1. The average Bonchev–Trinajstić information content (AvgIpc) is 2.99. The third-order valence-electron chi connectivity index (χ3n) is 3.74. The first-order chi connectivity index (χ1) is 10.8. The molecule has 24 heavy (non-hydrogen) atoms. The Hall–Kier alpha value is -0.760. The molecule has 140 valence electrons. The quantitative estimate of drug-likeness (QED) is 0.303. The highest BCUT2D eigenvalue weighted by atomic mass is 127. The molecule has 3 N–H and O–H groups in total. The van der Waals surface area contributed by atoms with Crippen LogP contribution in [-0.4, -0.2) is 30.2 Å². The lowest BCUT2D eigenvalue weighted by Crippen LogP contribution is -2.43. The predicted molar refractivity (Wildman–Crippen MR) is 111 cm³/mol. The number of nitrogens with one attached hydrogen (secondary N) is 2. The molecule has 2 atom stereocenters. The van der Waals surface area contributed by atoms with E-state index in [1.165, 1.54) is 12.8 Å². The van der Waals surface area contributed by atoms with Gasteiger partial charge >= 0.3 is 0 Å². The van der Waals surface area contributed by atoms with E-state index in [4.69, 9.17) is 4.42 Å². The number of hydrogen-bond donors (Lipinski definition) is 3. The van der Waals surface area contributed by atoms with Gasteiger partial charge in [0.2, 0.25) is 0 Å². The van der Waals surface area contributed by atoms with Crippen LogP contribution < -0.4 is 10.6 Å². The van der Waals surface area contributed by atoms with E-state index in [1.54, 1.807) is 25.3 Å². The van der Waals surface area contributed by atoms with Crippen LogP contribution in [0, 0.1) is 5.92 Å². The van der Waals surface area contributed by atoms with Crippen molar-refractivity contribution >= 4 is 29.9 Å². The van der Waals surface area contributed by atoms with Gasteiger partial charge in [-0.3, -0.25) is 0 Å². The van der Waals surface area contributed by atoms with Gasteiger partial charge in [0.05, 0.1) is 12.8 Å². The van der Waals surface area contributed by atoms with Gasteiger partial charge in [-0.1, -0.05) is 26.7 Å². The first kappa shape index (κ1) is 23.2. The molecule has 1 aromatic heterocycles. The number of rotatable bonds is 9. The van der Waals surface area contributed by atoms with Crippen molar-refractivity contribution in [2.24, 2.45) is 10.9 Å². The fraction of sp³-hybridized carbons (Fsp3) is 0.722. The zero-order valence-corrected chi connectivity index (χ0v) is 18.0. The summed E-state index contributed by atoms with van der Waals surface area (Å²) < 4.78 is 5.29. The number of nitrogens with zero attached hydrogens (tertiary/aromatic N) is 1. The maximum atomic E-state index is 10.5. The van der Waals surface area contributed by atoms with Crippen molar-refractivity contribution < 1.29 is 9.52 Å². The first-order valence-corrected chi connectivity index (χ1v) is 8.66. The van der Waals surface area contributed by atoms with Crippen LogP contribution in [0.25, 0.3) is 0 Å². The second kappa shape index (κ2) is 11.7. The van der Waals surface area contributed by atoms with Gasteiger partial charge in [0.1, 0.15) is 11.4 Å². The van der Waals surface area contributed by atoms with Gasteiger partial charge < -0.3 is 20.2 Å². The Morgan fingerprint density at radius 3 is 2.58 bits per heavy atom. The largest absolute Gasteiger partial charge is 0.466 e. The van der Waals surface area contributed by atoms with Gasteiger partial charge in [-0.05, 0) is 45.2 Å². The molecule has 5 nitrogen and oxygen atoms in total. The number of furan rings is 1. The molecule has 0 aliphatic rings. The number of hydrogen-bond acceptors (Lipinski definition) is 3. The zero-order chi connectivity index (χ0) is 17.3. The fourth-order valence-corrected chi connectivity index (χ4v) is 2.35. The highest BCUT2D eigenvalue weighted by Gasteiger charge is 2.26. The summed E-state index contributed by atoms with van der Waals surface area (Å²) in [6.07, 6.45) is 5.12. The molecule has 1 heterocycles. The van der Waals surface area contributed by atoms with Crippen molar-refractivity contribution in [3.05, 3.63) is 24.2 Å². The fourth-order valence-electron chi connectivity index (χ4n) is 2.35. The van der Waals surface area contributed by atoms with Crippen LogP contribution >= 0.6 is 24.0 Å². The molecule has 0 bridgehead atoms. The summed E-state index contributed by atoms with van der Waals surface area (Å²) in [6.45, 7) is 11.4. The second-order valence-electron chi connectivity index (χ2n) is 6.82. The highest BCUT2D eigenvalue weighted by Crippen LogP contribution is 2.21. The van der Waals surface area contributed by atoms with Gasteiger partial charge in [0.25, 0.3) is 0 Å². The van der Waals surface area contributed by atoms with Crippen LogP contribution in [-0.2, 0) is 5.60 Å². The van der Waals surface area contributed by atoms with Gasteiger partial charge in [0, 0.05) is 12.6 Å². The zero-order valence-electron chi connectivity index (χ0n) is 15.6. The molecular weight excluding hydrogens is 417 g/mol. The monoisotopic (exact) mass is 451 g/mol. The molecule has 1 rings (SSSR count). The van der Waals surface area contributed by atoms with E-state index in [9.17, 15) is 5.11 Å². The van der Waals surface area contributed by atoms with E-state index in [-0.39, 0.29) is 30.5 Å². The third-order valence-corrected chi connectivity index (χ3v) is 3.74. The molecule has 0 radical (unpaired) electrons. The Labute approximate surface area is 163 Å². The minimum absolute atomic E-state index is 0. The molecule has 0 aromatic carbocycles. The Morgan fingerprint density at radius 2 is 2.04 bits per heavy atom. The molecule has 0 spiro atoms. The molecule has 0 fully saturated rings. The summed E-state index contributed by atoms with van der Waals surface area (Å²) in [5, 5.41) is 17.1. The van der Waals surface area contributed by atoms with E-state index in [1.807, 2.05) is 6.92 Å². The van der Waals surface area contributed by atoms with Crippen molar-refractivity contribution in [3.63, 3.8) is 0 Å². The van der Waals surface area contributed by atoms with Gasteiger partial charge in [0.15, 0.2) is 5.96 Å². The van der Waals surface area contributed by atoms with Crippen LogP contribution in [0.2, 0.25) is 0 Å². The SMILES string of the molecule is CCNC(=NCC(C)(O)c1ccco1)NC(C)CCCC(C)C.I. The topological polar surface area (TPSA) is 69.8 Å². The lowest BCUT2D eigenvalue weighted by molar-refractivity contribution is 0.0436. The van der Waals surface area contributed by atoms with Gasteiger partial charge in [-0.15, -0.1) is 24.0 Å². The summed E-state index contributed by atoms with van der Waals surface area (Å²) in [7, 11) is 0. The van der Waals surface area contributed by atoms with Crippen LogP contribution in [0.1, 0.15) is 59.6 Å². The van der Waals surface area contributed by atoms with Crippen molar-refractivity contribution in [1.29, 1.82) is 0 Å². The minimum Gasteiger partial charge on any atom is -0.466 e. The predicted octanol–water partition coefficient (Wildman–Crippen LogP) is 3.88. The number of halogens is 1. The maximum absolute atomic E-state index is 10.5. The Balaban J connectivity index is 0.00000529. The second-order valence-corrected chi connectivity index (χ2v) is 6.82. The third kappa shape index (κ3) is 8.92. The molecule has 0 aliphatic carbocycles. The summed E-state index contributed by atoms with van der Waals surface area (Å²) in [5.41, 5.74) is -1.10. The number of guanidine groups is 1. The number of aliphatic imine (C=N–C) groups is 1. The van der Waals surface area contributed by atoms with E-state index >= 15 is 0 Å². The average molecular weight is 451 g/mol. The van der Waals surface area contributed by atoms with Gasteiger partial charge in [-0.25, -0.2) is 4.99 Å². The summed E-state index contributed by atoms with van der Waals surface area (Å²) in [4.78, 5) is 4.51. The molecule has 0 aliphatic heterocycles. The van der Waals surface area contributed by atoms with Crippen molar-refractivity contribution in [1.82, 2.24) is 10.6 Å². The van der Waals surface area contributed by atoms with E-state index in [2.05, 4.69) is 36.4 Å². The van der Waals surface area contributed by atoms with Gasteiger partial charge in [-0.2, -0.15) is 0 Å². The van der Waals surface area contributed by atoms with E-state index in [0.29, 0.717) is 11.8 Å². The highest BCUT2D eigenvalue weighted by molar-refractivity contribution is 14.0. The minimum atomic E-state index is -1.10. The van der Waals surface area contributed by atoms with Crippen molar-refractivity contribution in [2.45, 2.75) is 65.5 Å². The molecule has 0 amide bonds. The van der Waals surface area contributed by atoms with Crippen LogP contribution in [0.4, 0.5) is 0 Å². The summed E-state index contributed by atoms with van der Waals surface area (Å²) in [6, 6.07) is 3.89. The summed E-state index contributed by atoms with van der Waals surface area (Å²) >= 11 is 0. The molecule has 1 aromatic rings. The van der Waals surface area contributed by atoms with Crippen LogP contribution in [0.15, 0.2) is 27.8 Å². The van der Waals surface area contributed by atoms with Crippen molar-refractivity contribution in [3.8, 4) is 0 Å². The maximum Gasteiger partial charge on any atom is 0.191 e. The van der Waals surface area contributed by atoms with Crippen LogP contribution in [0.5, 0.6) is 0 Å². The standard InChI is InChI=1S/C18H33N3O2.HI/c1-6-19-17(21-15(4)10-7-9-14(2)3)20-13-18(5,22)16-11-8-12-23-16;/h8,11-12,14-15,22H,6-7,9-10,13H2,1-5H3,(H2,19,20,21);1H. The Morgan fingerprint density at radius 1 is 1.33 bits per heavy atom.